The first kappa shape index (κ1) is 15.1. The Morgan fingerprint density at radius 1 is 1.25 bits per heavy atom. The SMILES string of the molecule is O=S1(=O)CCC(Cn2cc(-c3cccc(-n4cccn4)c3)nn2)C1. The lowest BCUT2D eigenvalue weighted by atomic mass is 10.1. The van der Waals surface area contributed by atoms with Gasteiger partial charge in [0, 0.05) is 24.5 Å². The van der Waals surface area contributed by atoms with Gasteiger partial charge in [0.15, 0.2) is 9.84 Å². The van der Waals surface area contributed by atoms with Crippen LogP contribution in [0, 0.1) is 5.92 Å². The van der Waals surface area contributed by atoms with Crippen LogP contribution in [-0.4, -0.2) is 44.7 Å². The van der Waals surface area contributed by atoms with E-state index in [0.717, 1.165) is 16.9 Å². The summed E-state index contributed by atoms with van der Waals surface area (Å²) in [5, 5.41) is 12.6. The molecule has 1 atom stereocenters. The van der Waals surface area contributed by atoms with Gasteiger partial charge >= 0.3 is 0 Å². The normalized spacial score (nSPS) is 19.6. The number of benzene rings is 1. The highest BCUT2D eigenvalue weighted by atomic mass is 32.2. The van der Waals surface area contributed by atoms with Gasteiger partial charge in [-0.2, -0.15) is 5.10 Å². The lowest BCUT2D eigenvalue weighted by Crippen LogP contribution is -2.12. The zero-order valence-electron chi connectivity index (χ0n) is 13.0. The molecule has 1 saturated heterocycles. The summed E-state index contributed by atoms with van der Waals surface area (Å²) in [6.45, 7) is 0.588. The Bertz CT molecular complexity index is 947. The van der Waals surface area contributed by atoms with Gasteiger partial charge in [0.2, 0.25) is 0 Å². The standard InChI is InChI=1S/C16H17N5O2S/c22-24(23)8-5-13(12-24)10-20-11-16(18-19-20)14-3-1-4-15(9-14)21-7-2-6-17-21/h1-4,6-7,9,11,13H,5,8,10,12H2. The summed E-state index contributed by atoms with van der Waals surface area (Å²) < 4.78 is 26.6. The monoisotopic (exact) mass is 343 g/mol. The minimum absolute atomic E-state index is 0.125. The highest BCUT2D eigenvalue weighted by Gasteiger charge is 2.28. The predicted molar refractivity (Wildman–Crippen MR) is 89.3 cm³/mol. The molecular formula is C16H17N5O2S. The Morgan fingerprint density at radius 2 is 2.17 bits per heavy atom. The maximum Gasteiger partial charge on any atom is 0.150 e. The van der Waals surface area contributed by atoms with Gasteiger partial charge in [-0.3, -0.25) is 4.68 Å². The molecule has 1 aliphatic rings. The van der Waals surface area contributed by atoms with Crippen LogP contribution in [0.15, 0.2) is 48.9 Å². The Morgan fingerprint density at radius 3 is 2.92 bits per heavy atom. The highest BCUT2D eigenvalue weighted by Crippen LogP contribution is 2.22. The van der Waals surface area contributed by atoms with E-state index in [9.17, 15) is 8.42 Å². The first-order valence-electron chi connectivity index (χ1n) is 7.80. The van der Waals surface area contributed by atoms with Crippen LogP contribution in [0.25, 0.3) is 16.9 Å². The molecule has 124 valence electrons. The first-order valence-corrected chi connectivity index (χ1v) is 9.62. The highest BCUT2D eigenvalue weighted by molar-refractivity contribution is 7.91. The maximum atomic E-state index is 11.6. The number of rotatable bonds is 4. The van der Waals surface area contributed by atoms with E-state index in [1.165, 1.54) is 0 Å². The fourth-order valence-electron chi connectivity index (χ4n) is 3.03. The number of sulfone groups is 1. The van der Waals surface area contributed by atoms with Crippen LogP contribution in [0.3, 0.4) is 0 Å². The minimum atomic E-state index is -2.86. The largest absolute Gasteiger partial charge is 0.252 e. The van der Waals surface area contributed by atoms with E-state index in [0.29, 0.717) is 13.0 Å². The molecule has 1 aliphatic heterocycles. The molecule has 24 heavy (non-hydrogen) atoms. The van der Waals surface area contributed by atoms with E-state index >= 15 is 0 Å². The van der Waals surface area contributed by atoms with Crippen molar-refractivity contribution in [1.82, 2.24) is 24.8 Å². The van der Waals surface area contributed by atoms with Crippen LogP contribution in [0.4, 0.5) is 0 Å². The molecule has 0 aliphatic carbocycles. The third kappa shape index (κ3) is 3.09. The summed E-state index contributed by atoms with van der Waals surface area (Å²) >= 11 is 0. The maximum absolute atomic E-state index is 11.6. The molecule has 1 aromatic carbocycles. The molecule has 1 fully saturated rings. The van der Waals surface area contributed by atoms with Crippen LogP contribution < -0.4 is 0 Å². The second kappa shape index (κ2) is 5.86. The molecule has 8 heteroatoms. The van der Waals surface area contributed by atoms with Crippen LogP contribution >= 0.6 is 0 Å². The van der Waals surface area contributed by atoms with Gasteiger partial charge in [0.25, 0.3) is 0 Å². The average Bonchev–Trinajstić information content (AvgIpc) is 3.29. The minimum Gasteiger partial charge on any atom is -0.252 e. The van der Waals surface area contributed by atoms with Crippen molar-refractivity contribution in [2.75, 3.05) is 11.5 Å². The molecule has 0 radical (unpaired) electrons. The molecule has 3 heterocycles. The summed E-state index contributed by atoms with van der Waals surface area (Å²) in [4.78, 5) is 0. The first-order chi connectivity index (χ1) is 11.6. The molecule has 4 rings (SSSR count). The third-order valence-electron chi connectivity index (χ3n) is 4.22. The fourth-order valence-corrected chi connectivity index (χ4v) is 4.88. The van der Waals surface area contributed by atoms with E-state index in [1.807, 2.05) is 42.7 Å². The summed E-state index contributed by atoms with van der Waals surface area (Å²) in [5.41, 5.74) is 2.67. The molecule has 1 unspecified atom stereocenters. The molecule has 0 N–H and O–H groups in total. The van der Waals surface area contributed by atoms with Crippen molar-refractivity contribution in [3.63, 3.8) is 0 Å². The van der Waals surface area contributed by atoms with Crippen LogP contribution in [0.2, 0.25) is 0 Å². The quantitative estimate of drug-likeness (QED) is 0.718. The summed E-state index contributed by atoms with van der Waals surface area (Å²) in [6, 6.07) is 9.78. The molecule has 0 spiro atoms. The smallest absolute Gasteiger partial charge is 0.150 e. The Hall–Kier alpha value is -2.48. The van der Waals surface area contributed by atoms with E-state index in [1.54, 1.807) is 15.6 Å². The lowest BCUT2D eigenvalue weighted by molar-refractivity contribution is 0.448. The average molecular weight is 343 g/mol. The zero-order chi connectivity index (χ0) is 16.6. The van der Waals surface area contributed by atoms with Crippen molar-refractivity contribution in [3.05, 3.63) is 48.9 Å². The Labute approximate surface area is 139 Å². The summed E-state index contributed by atoms with van der Waals surface area (Å²) in [5.74, 6) is 0.655. The molecule has 3 aromatic rings. The number of hydrogen-bond acceptors (Lipinski definition) is 5. The second-order valence-electron chi connectivity index (χ2n) is 6.10. The van der Waals surface area contributed by atoms with Crippen molar-refractivity contribution < 1.29 is 8.42 Å². The van der Waals surface area contributed by atoms with Gasteiger partial charge in [-0.25, -0.2) is 13.1 Å². The Balaban J connectivity index is 1.54. The molecule has 0 saturated carbocycles. The second-order valence-corrected chi connectivity index (χ2v) is 8.32. The number of hydrogen-bond donors (Lipinski definition) is 0. The van der Waals surface area contributed by atoms with Crippen LogP contribution in [0.1, 0.15) is 6.42 Å². The third-order valence-corrected chi connectivity index (χ3v) is 6.06. The zero-order valence-corrected chi connectivity index (χ0v) is 13.8. The van der Waals surface area contributed by atoms with Gasteiger partial charge in [0.05, 0.1) is 23.4 Å². The van der Waals surface area contributed by atoms with E-state index in [4.69, 9.17) is 0 Å². The van der Waals surface area contributed by atoms with Gasteiger partial charge in [-0.1, -0.05) is 17.3 Å². The molecule has 0 bridgehead atoms. The van der Waals surface area contributed by atoms with Crippen molar-refractivity contribution in [3.8, 4) is 16.9 Å². The molecular weight excluding hydrogens is 326 g/mol. The van der Waals surface area contributed by atoms with Crippen molar-refractivity contribution in [2.45, 2.75) is 13.0 Å². The van der Waals surface area contributed by atoms with Crippen LogP contribution in [0.5, 0.6) is 0 Å². The summed E-state index contributed by atoms with van der Waals surface area (Å²) in [7, 11) is -2.86. The topological polar surface area (TPSA) is 82.7 Å². The predicted octanol–water partition coefficient (Wildman–Crippen LogP) is 1.57. The van der Waals surface area contributed by atoms with Crippen LogP contribution in [-0.2, 0) is 16.4 Å². The fraction of sp³-hybridized carbons (Fsp3) is 0.312. The molecule has 7 nitrogen and oxygen atoms in total. The number of nitrogens with zero attached hydrogens (tertiary/aromatic N) is 5. The lowest BCUT2D eigenvalue weighted by Gasteiger charge is -2.06. The van der Waals surface area contributed by atoms with Crippen molar-refractivity contribution >= 4 is 9.84 Å². The molecule has 2 aromatic heterocycles. The van der Waals surface area contributed by atoms with Crippen molar-refractivity contribution in [1.29, 1.82) is 0 Å². The Kier molecular flexibility index (Phi) is 3.68. The van der Waals surface area contributed by atoms with E-state index in [-0.39, 0.29) is 17.4 Å². The van der Waals surface area contributed by atoms with E-state index in [2.05, 4.69) is 15.4 Å². The van der Waals surface area contributed by atoms with Crippen molar-refractivity contribution in [2.24, 2.45) is 5.92 Å². The summed E-state index contributed by atoms with van der Waals surface area (Å²) in [6.07, 6.45) is 6.19. The molecule has 0 amide bonds. The van der Waals surface area contributed by atoms with Gasteiger partial charge < -0.3 is 0 Å². The van der Waals surface area contributed by atoms with Gasteiger partial charge in [0.1, 0.15) is 5.69 Å². The van der Waals surface area contributed by atoms with E-state index < -0.39 is 9.84 Å². The van der Waals surface area contributed by atoms with Gasteiger partial charge in [-0.15, -0.1) is 5.10 Å². The van der Waals surface area contributed by atoms with Gasteiger partial charge in [-0.05, 0) is 30.5 Å². The number of aromatic nitrogens is 5.